The number of nitriles is 1. The van der Waals surface area contributed by atoms with Gasteiger partial charge in [-0.3, -0.25) is 0 Å². The second-order valence-electron chi connectivity index (χ2n) is 2.53. The van der Waals surface area contributed by atoms with E-state index >= 15 is 0 Å². The van der Waals surface area contributed by atoms with Gasteiger partial charge in [0.1, 0.15) is 11.6 Å². The molecular weight excluding hydrogens is 196 g/mol. The Bertz CT molecular complexity index is 458. The number of aromatic nitrogens is 2. The Morgan fingerprint density at radius 2 is 2.21 bits per heavy atom. The molecule has 0 radical (unpaired) electrons. The van der Waals surface area contributed by atoms with Gasteiger partial charge >= 0.3 is 0 Å². The molecule has 0 unspecified atom stereocenters. The molecule has 1 aromatic heterocycles. The van der Waals surface area contributed by atoms with E-state index in [4.69, 9.17) is 5.26 Å². The van der Waals surface area contributed by atoms with Crippen molar-refractivity contribution in [1.29, 1.82) is 5.26 Å². The van der Waals surface area contributed by atoms with Gasteiger partial charge < -0.3 is 5.32 Å². The minimum Gasteiger partial charge on any atom is -0.329 e. The predicted molar refractivity (Wildman–Crippen MR) is 54.3 cm³/mol. The highest BCUT2D eigenvalue weighted by Gasteiger charge is 2.02. The first-order chi connectivity index (χ1) is 6.90. The topological polar surface area (TPSA) is 61.6 Å². The minimum absolute atomic E-state index is 0.600. The lowest BCUT2D eigenvalue weighted by Gasteiger charge is -2.02. The van der Waals surface area contributed by atoms with Crippen LogP contribution in [0.25, 0.3) is 0 Å². The number of hydrogen-bond donors (Lipinski definition) is 1. The number of hydrogen-bond acceptors (Lipinski definition) is 5. The summed E-state index contributed by atoms with van der Waals surface area (Å²) in [7, 11) is 0. The van der Waals surface area contributed by atoms with Crippen LogP contribution in [0.5, 0.6) is 0 Å². The second kappa shape index (κ2) is 3.85. The highest BCUT2D eigenvalue weighted by Crippen LogP contribution is 2.20. The number of benzene rings is 1. The van der Waals surface area contributed by atoms with Crippen LogP contribution in [-0.4, -0.2) is 10.2 Å². The Balaban J connectivity index is 2.30. The van der Waals surface area contributed by atoms with Gasteiger partial charge in [-0.25, -0.2) is 0 Å². The number of rotatable bonds is 2. The minimum atomic E-state index is 0.600. The summed E-state index contributed by atoms with van der Waals surface area (Å²) in [6.07, 6.45) is 0. The van der Waals surface area contributed by atoms with Gasteiger partial charge in [0.15, 0.2) is 0 Å². The van der Waals surface area contributed by atoms with Crippen LogP contribution in [0.2, 0.25) is 0 Å². The monoisotopic (exact) mass is 202 g/mol. The van der Waals surface area contributed by atoms with Crippen molar-refractivity contribution in [3.8, 4) is 6.07 Å². The van der Waals surface area contributed by atoms with Crippen molar-refractivity contribution in [2.45, 2.75) is 0 Å². The van der Waals surface area contributed by atoms with Gasteiger partial charge in [0.2, 0.25) is 5.13 Å². The highest BCUT2D eigenvalue weighted by atomic mass is 32.1. The third-order valence-corrected chi connectivity index (χ3v) is 2.26. The first-order valence-corrected chi connectivity index (χ1v) is 4.80. The van der Waals surface area contributed by atoms with Crippen LogP contribution in [0.1, 0.15) is 5.56 Å². The van der Waals surface area contributed by atoms with Gasteiger partial charge in [0.25, 0.3) is 0 Å². The molecule has 0 atom stereocenters. The molecule has 0 fully saturated rings. The molecule has 0 saturated heterocycles. The van der Waals surface area contributed by atoms with Gasteiger partial charge in [-0.15, -0.1) is 10.2 Å². The summed E-state index contributed by atoms with van der Waals surface area (Å²) < 4.78 is 0. The van der Waals surface area contributed by atoms with E-state index in [1.165, 1.54) is 11.3 Å². The summed E-state index contributed by atoms with van der Waals surface area (Å²) in [5, 5.41) is 20.1. The summed E-state index contributed by atoms with van der Waals surface area (Å²) in [5.41, 5.74) is 2.99. The van der Waals surface area contributed by atoms with E-state index in [0.717, 1.165) is 5.69 Å². The molecule has 2 aromatic rings. The van der Waals surface area contributed by atoms with Crippen molar-refractivity contribution < 1.29 is 0 Å². The maximum absolute atomic E-state index is 8.82. The van der Waals surface area contributed by atoms with Crippen molar-refractivity contribution >= 4 is 22.2 Å². The molecule has 0 saturated carbocycles. The van der Waals surface area contributed by atoms with Crippen molar-refractivity contribution in [3.05, 3.63) is 35.3 Å². The Kier molecular flexibility index (Phi) is 2.38. The number of anilines is 2. The Hall–Kier alpha value is -1.93. The van der Waals surface area contributed by atoms with Gasteiger partial charge in [-0.2, -0.15) is 5.26 Å². The smallest absolute Gasteiger partial charge is 0.209 e. The third kappa shape index (κ3) is 1.70. The Morgan fingerprint density at radius 1 is 1.36 bits per heavy atom. The van der Waals surface area contributed by atoms with Crippen molar-refractivity contribution in [1.82, 2.24) is 10.2 Å². The summed E-state index contributed by atoms with van der Waals surface area (Å²) in [6.45, 7) is 0. The molecule has 1 N–H and O–H groups in total. The molecule has 1 aromatic carbocycles. The lowest BCUT2D eigenvalue weighted by molar-refractivity contribution is 1.09. The molecule has 5 heteroatoms. The van der Waals surface area contributed by atoms with E-state index < -0.39 is 0 Å². The average Bonchev–Trinajstić information content (AvgIpc) is 2.71. The van der Waals surface area contributed by atoms with Gasteiger partial charge in [-0.1, -0.05) is 23.5 Å². The van der Waals surface area contributed by atoms with Gasteiger partial charge in [0, 0.05) is 0 Å². The standard InChI is InChI=1S/C9H6N4S/c10-5-7-3-1-2-4-8(7)12-9-13-11-6-14-9/h1-4,6H,(H,12,13). The summed E-state index contributed by atoms with van der Waals surface area (Å²) in [5.74, 6) is 0. The lowest BCUT2D eigenvalue weighted by atomic mass is 10.2. The first-order valence-electron chi connectivity index (χ1n) is 3.92. The molecule has 0 aliphatic rings. The summed E-state index contributed by atoms with van der Waals surface area (Å²) in [4.78, 5) is 0. The van der Waals surface area contributed by atoms with E-state index in [1.807, 2.05) is 18.2 Å². The van der Waals surface area contributed by atoms with Crippen molar-refractivity contribution in [2.24, 2.45) is 0 Å². The Morgan fingerprint density at radius 3 is 2.93 bits per heavy atom. The predicted octanol–water partition coefficient (Wildman–Crippen LogP) is 2.15. The zero-order valence-electron chi connectivity index (χ0n) is 7.14. The summed E-state index contributed by atoms with van der Waals surface area (Å²) >= 11 is 1.39. The molecule has 0 aliphatic carbocycles. The molecule has 14 heavy (non-hydrogen) atoms. The number of para-hydroxylation sites is 1. The molecule has 0 bridgehead atoms. The molecule has 4 nitrogen and oxygen atoms in total. The van der Waals surface area contributed by atoms with E-state index in [9.17, 15) is 0 Å². The van der Waals surface area contributed by atoms with E-state index in [0.29, 0.717) is 10.7 Å². The van der Waals surface area contributed by atoms with Crippen LogP contribution in [0.4, 0.5) is 10.8 Å². The molecule has 0 amide bonds. The molecule has 68 valence electrons. The van der Waals surface area contributed by atoms with E-state index in [1.54, 1.807) is 11.6 Å². The summed E-state index contributed by atoms with van der Waals surface area (Å²) in [6, 6.07) is 9.38. The van der Waals surface area contributed by atoms with Crippen LogP contribution in [0, 0.1) is 11.3 Å². The lowest BCUT2D eigenvalue weighted by Crippen LogP contribution is -1.92. The zero-order valence-corrected chi connectivity index (χ0v) is 7.95. The fourth-order valence-corrected chi connectivity index (χ4v) is 1.49. The molecule has 0 spiro atoms. The zero-order chi connectivity index (χ0) is 9.80. The van der Waals surface area contributed by atoms with Crippen LogP contribution in [0.3, 0.4) is 0 Å². The molecule has 0 aliphatic heterocycles. The maximum Gasteiger partial charge on any atom is 0.209 e. The van der Waals surface area contributed by atoms with E-state index in [-0.39, 0.29) is 0 Å². The van der Waals surface area contributed by atoms with E-state index in [2.05, 4.69) is 21.6 Å². The highest BCUT2D eigenvalue weighted by molar-refractivity contribution is 7.13. The fourth-order valence-electron chi connectivity index (χ4n) is 1.03. The second-order valence-corrected chi connectivity index (χ2v) is 3.36. The third-order valence-electron chi connectivity index (χ3n) is 1.65. The van der Waals surface area contributed by atoms with Crippen molar-refractivity contribution in [3.63, 3.8) is 0 Å². The normalized spacial score (nSPS) is 9.36. The number of nitrogens with zero attached hydrogens (tertiary/aromatic N) is 3. The van der Waals surface area contributed by atoms with Gasteiger partial charge in [-0.05, 0) is 12.1 Å². The first kappa shape index (κ1) is 8.66. The van der Waals surface area contributed by atoms with Crippen LogP contribution < -0.4 is 5.32 Å². The largest absolute Gasteiger partial charge is 0.329 e. The Labute approximate surface area is 84.8 Å². The molecule has 2 rings (SSSR count). The fraction of sp³-hybridized carbons (Fsp3) is 0. The van der Waals surface area contributed by atoms with Crippen molar-refractivity contribution in [2.75, 3.05) is 5.32 Å². The van der Waals surface area contributed by atoms with Crippen LogP contribution >= 0.6 is 11.3 Å². The quantitative estimate of drug-likeness (QED) is 0.810. The molecular formula is C9H6N4S. The SMILES string of the molecule is N#Cc1ccccc1Nc1nncs1. The molecule has 1 heterocycles. The maximum atomic E-state index is 8.82. The average molecular weight is 202 g/mol. The van der Waals surface area contributed by atoms with Gasteiger partial charge in [0.05, 0.1) is 11.3 Å². The van der Waals surface area contributed by atoms with Crippen LogP contribution in [0.15, 0.2) is 29.8 Å². The van der Waals surface area contributed by atoms with Crippen LogP contribution in [-0.2, 0) is 0 Å². The number of nitrogens with one attached hydrogen (secondary N) is 1.